The van der Waals surface area contributed by atoms with E-state index in [4.69, 9.17) is 4.74 Å². The topological polar surface area (TPSA) is 108 Å². The van der Waals surface area contributed by atoms with Crippen LogP contribution in [0.3, 0.4) is 0 Å². The molecule has 1 N–H and O–H groups in total. The van der Waals surface area contributed by atoms with E-state index in [0.29, 0.717) is 46.2 Å². The van der Waals surface area contributed by atoms with Crippen LogP contribution in [0.4, 0.5) is 32.8 Å². The fraction of sp³-hybridized carbons (Fsp3) is 0.571. The van der Waals surface area contributed by atoms with E-state index < -0.39 is 5.97 Å². The number of rotatable bonds is 23. The zero-order valence-electron chi connectivity index (χ0n) is 33.0. The molecule has 0 bridgehead atoms. The average molecular weight is 731 g/mol. The summed E-state index contributed by atoms with van der Waals surface area (Å²) in [5, 5.41) is 22.2. The Morgan fingerprint density at radius 3 is 1.96 bits per heavy atom. The molecule has 0 aliphatic carbocycles. The molecule has 0 radical (unpaired) electrons. The van der Waals surface area contributed by atoms with Crippen LogP contribution >= 0.6 is 11.3 Å². The summed E-state index contributed by atoms with van der Waals surface area (Å²) in [5.41, 5.74) is 5.53. The molecule has 3 rings (SSSR count). The highest BCUT2D eigenvalue weighted by Gasteiger charge is 2.21. The molecule has 0 fully saturated rings. The fourth-order valence-corrected chi connectivity index (χ4v) is 7.08. The third-order valence-corrected chi connectivity index (χ3v) is 10.4. The van der Waals surface area contributed by atoms with Gasteiger partial charge in [-0.05, 0) is 79.3 Å². The Bertz CT molecular complexity index is 1580. The number of nitrogens with zero attached hydrogens (tertiary/aromatic N) is 5. The lowest BCUT2D eigenvalue weighted by atomic mass is 9.95. The van der Waals surface area contributed by atoms with Crippen molar-refractivity contribution in [3.63, 3.8) is 0 Å². The van der Waals surface area contributed by atoms with Gasteiger partial charge in [0.25, 0.3) is 0 Å². The minimum Gasteiger partial charge on any atom is -0.462 e. The van der Waals surface area contributed by atoms with Gasteiger partial charge in [-0.2, -0.15) is 0 Å². The highest BCUT2D eigenvalue weighted by atomic mass is 32.1. The summed E-state index contributed by atoms with van der Waals surface area (Å²) in [7, 11) is 0. The third-order valence-electron chi connectivity index (χ3n) is 9.52. The smallest absolute Gasteiger partial charge is 0.341 e. The summed E-state index contributed by atoms with van der Waals surface area (Å²) in [6, 6.07) is 13.9. The lowest BCUT2D eigenvalue weighted by Crippen LogP contribution is -2.34. The first kappa shape index (κ1) is 42.5. The lowest BCUT2D eigenvalue weighted by molar-refractivity contribution is -0.114. The Labute approximate surface area is 316 Å². The van der Waals surface area contributed by atoms with Crippen molar-refractivity contribution in [3.05, 3.63) is 59.2 Å². The van der Waals surface area contributed by atoms with Gasteiger partial charge < -0.3 is 15.0 Å². The van der Waals surface area contributed by atoms with Gasteiger partial charge in [0.15, 0.2) is 5.00 Å². The Balaban J connectivity index is 2.04. The van der Waals surface area contributed by atoms with Gasteiger partial charge in [-0.15, -0.1) is 20.5 Å². The number of anilines is 2. The van der Waals surface area contributed by atoms with Gasteiger partial charge in [-0.25, -0.2) is 4.79 Å². The van der Waals surface area contributed by atoms with Crippen LogP contribution in [0.15, 0.2) is 62.9 Å². The molecule has 2 aromatic carbocycles. The van der Waals surface area contributed by atoms with Crippen molar-refractivity contribution in [2.75, 3.05) is 29.9 Å². The van der Waals surface area contributed by atoms with Crippen LogP contribution in [0.5, 0.6) is 0 Å². The average Bonchev–Trinajstić information content (AvgIpc) is 3.57. The normalized spacial score (nSPS) is 12.8. The second-order valence-electron chi connectivity index (χ2n) is 13.6. The predicted octanol–water partition coefficient (Wildman–Crippen LogP) is 13.5. The SMILES string of the molecule is CCCCC(CC)CN(CC(CC)CCCC)c1ccc(N=Nc2sc(N=Nc3c(CC)cccc3CC)cc2C(=O)OCCC)c(NC(C)=O)c1. The van der Waals surface area contributed by atoms with Crippen LogP contribution < -0.4 is 10.2 Å². The maximum atomic E-state index is 13.2. The number of carbonyl (C=O) groups excluding carboxylic acids is 2. The summed E-state index contributed by atoms with van der Waals surface area (Å²) >= 11 is 1.23. The number of nitrogens with one attached hydrogen (secondary N) is 1. The Morgan fingerprint density at radius 2 is 1.42 bits per heavy atom. The molecule has 0 spiro atoms. The van der Waals surface area contributed by atoms with Crippen molar-refractivity contribution in [3.8, 4) is 0 Å². The quantitative estimate of drug-likeness (QED) is 0.0774. The number of unbranched alkanes of at least 4 members (excludes halogenated alkanes) is 2. The first-order chi connectivity index (χ1) is 25.2. The van der Waals surface area contributed by atoms with Crippen LogP contribution in [0.1, 0.15) is 135 Å². The molecule has 2 atom stereocenters. The van der Waals surface area contributed by atoms with E-state index in [1.165, 1.54) is 56.8 Å². The van der Waals surface area contributed by atoms with E-state index in [2.05, 4.69) is 90.4 Å². The Kier molecular flexibility index (Phi) is 18.7. The maximum Gasteiger partial charge on any atom is 0.341 e. The first-order valence-corrected chi connectivity index (χ1v) is 20.4. The van der Waals surface area contributed by atoms with E-state index in [-0.39, 0.29) is 11.5 Å². The zero-order chi connectivity index (χ0) is 37.9. The predicted molar refractivity (Wildman–Crippen MR) is 218 cm³/mol. The highest BCUT2D eigenvalue weighted by molar-refractivity contribution is 7.19. The summed E-state index contributed by atoms with van der Waals surface area (Å²) < 4.78 is 5.50. The standard InChI is InChI=1S/C42H62N6O3S/c1-9-16-19-31(12-4)28-48(29-32(13-5)20-17-10-2)35-23-24-37(38(26-35)43-30(8)49)44-47-41-36(42(50)51-25-11-3)27-39(52-41)45-46-40-33(14-6)21-18-22-34(40)15-7/h18,21-24,26-27,31-32H,9-17,19-20,25,28-29H2,1-8H3,(H,43,49). The molecule has 1 amide bonds. The molecule has 0 aliphatic rings. The van der Waals surface area contributed by atoms with E-state index in [0.717, 1.165) is 61.3 Å². The van der Waals surface area contributed by atoms with E-state index in [9.17, 15) is 9.59 Å². The van der Waals surface area contributed by atoms with Crippen LogP contribution in [0, 0.1) is 11.8 Å². The minimum atomic E-state index is -0.480. The molecule has 52 heavy (non-hydrogen) atoms. The van der Waals surface area contributed by atoms with Crippen molar-refractivity contribution < 1.29 is 14.3 Å². The third kappa shape index (κ3) is 12.9. The highest BCUT2D eigenvalue weighted by Crippen LogP contribution is 2.41. The summed E-state index contributed by atoms with van der Waals surface area (Å²) in [6.45, 7) is 19.0. The number of azo groups is 2. The number of thiophene rings is 1. The number of ether oxygens (including phenoxy) is 1. The lowest BCUT2D eigenvalue weighted by Gasteiger charge is -2.33. The van der Waals surface area contributed by atoms with Crippen LogP contribution in [-0.4, -0.2) is 31.6 Å². The summed E-state index contributed by atoms with van der Waals surface area (Å²) in [4.78, 5) is 28.1. The Morgan fingerprint density at radius 1 is 0.788 bits per heavy atom. The van der Waals surface area contributed by atoms with Gasteiger partial charge in [-0.1, -0.05) is 117 Å². The number of hydrogen-bond acceptors (Lipinski definition) is 9. The van der Waals surface area contributed by atoms with Gasteiger partial charge in [0.2, 0.25) is 5.91 Å². The Hall–Kier alpha value is -3.92. The largest absolute Gasteiger partial charge is 0.462 e. The molecule has 0 aliphatic heterocycles. The monoisotopic (exact) mass is 730 g/mol. The fourth-order valence-electron chi connectivity index (χ4n) is 6.29. The zero-order valence-corrected chi connectivity index (χ0v) is 33.8. The summed E-state index contributed by atoms with van der Waals surface area (Å²) in [5.74, 6) is 0.511. The van der Waals surface area contributed by atoms with Gasteiger partial charge in [-0.3, -0.25) is 4.79 Å². The van der Waals surface area contributed by atoms with Crippen LogP contribution in [0.2, 0.25) is 0 Å². The molecule has 1 heterocycles. The number of hydrogen-bond donors (Lipinski definition) is 1. The van der Waals surface area contributed by atoms with Gasteiger partial charge >= 0.3 is 5.97 Å². The molecular weight excluding hydrogens is 669 g/mol. The van der Waals surface area contributed by atoms with Gasteiger partial charge in [0, 0.05) is 25.7 Å². The molecule has 0 saturated carbocycles. The van der Waals surface area contributed by atoms with Crippen molar-refractivity contribution >= 4 is 56.0 Å². The maximum absolute atomic E-state index is 13.2. The van der Waals surface area contributed by atoms with Crippen LogP contribution in [0.25, 0.3) is 0 Å². The molecule has 284 valence electrons. The molecule has 9 nitrogen and oxygen atoms in total. The molecule has 2 unspecified atom stereocenters. The molecule has 1 aromatic heterocycles. The van der Waals surface area contributed by atoms with E-state index >= 15 is 0 Å². The second-order valence-corrected chi connectivity index (χ2v) is 14.6. The molecular formula is C42H62N6O3S. The second kappa shape index (κ2) is 22.9. The number of esters is 1. The number of amides is 1. The molecule has 0 saturated heterocycles. The van der Waals surface area contributed by atoms with Gasteiger partial charge in [0.05, 0.1) is 18.0 Å². The molecule has 10 heteroatoms. The van der Waals surface area contributed by atoms with Crippen molar-refractivity contribution in [1.82, 2.24) is 0 Å². The number of benzene rings is 2. The van der Waals surface area contributed by atoms with E-state index in [1.807, 2.05) is 25.1 Å². The van der Waals surface area contributed by atoms with E-state index in [1.54, 1.807) is 6.07 Å². The van der Waals surface area contributed by atoms with Crippen molar-refractivity contribution in [2.45, 2.75) is 126 Å². The van der Waals surface area contributed by atoms with Crippen LogP contribution in [-0.2, 0) is 22.4 Å². The van der Waals surface area contributed by atoms with Crippen molar-refractivity contribution in [1.29, 1.82) is 0 Å². The van der Waals surface area contributed by atoms with Gasteiger partial charge in [0.1, 0.15) is 16.3 Å². The minimum absolute atomic E-state index is 0.189. The van der Waals surface area contributed by atoms with Crippen molar-refractivity contribution in [2.24, 2.45) is 32.3 Å². The number of aryl methyl sites for hydroxylation is 2. The summed E-state index contributed by atoms with van der Waals surface area (Å²) in [6.07, 6.45) is 11.9. The first-order valence-electron chi connectivity index (χ1n) is 19.6. The number of carbonyl (C=O) groups is 2. The molecule has 3 aromatic rings.